The summed E-state index contributed by atoms with van der Waals surface area (Å²) < 4.78 is 5.94. The molecule has 0 aromatic carbocycles. The van der Waals surface area contributed by atoms with Gasteiger partial charge in [-0.05, 0) is 38.6 Å². The van der Waals surface area contributed by atoms with Gasteiger partial charge in [0.15, 0.2) is 0 Å². The maximum atomic E-state index is 12.4. The Labute approximate surface area is 159 Å². The lowest BCUT2D eigenvalue weighted by molar-refractivity contribution is -0.132. The maximum absolute atomic E-state index is 12.4. The molecule has 0 atom stereocenters. The second kappa shape index (κ2) is 11.6. The van der Waals surface area contributed by atoms with Crippen LogP contribution in [0, 0.1) is 0 Å². The molecule has 0 N–H and O–H groups in total. The molecule has 2 rings (SSSR count). The van der Waals surface area contributed by atoms with E-state index in [-0.39, 0.29) is 12.4 Å². The van der Waals surface area contributed by atoms with Gasteiger partial charge in [0.1, 0.15) is 11.5 Å². The predicted molar refractivity (Wildman–Crippen MR) is 105 cm³/mol. The Bertz CT molecular complexity index is 514. The Balaban J connectivity index is 0.00000312. The molecular weight excluding hydrogens is 336 g/mol. The summed E-state index contributed by atoms with van der Waals surface area (Å²) in [6.07, 6.45) is 10.4. The minimum atomic E-state index is 0. The van der Waals surface area contributed by atoms with Gasteiger partial charge in [-0.2, -0.15) is 0 Å². The smallest absolute Gasteiger partial charge is 0.222 e. The van der Waals surface area contributed by atoms with Crippen molar-refractivity contribution in [2.75, 3.05) is 20.6 Å². The molecule has 0 saturated carbocycles. The third-order valence-electron chi connectivity index (χ3n) is 4.75. The molecule has 144 valence electrons. The number of carbonyl (C=O) groups is 1. The lowest BCUT2D eigenvalue weighted by atomic mass is 10.1. The lowest BCUT2D eigenvalue weighted by Crippen LogP contribution is -2.35. The first-order valence-corrected chi connectivity index (χ1v) is 9.63. The number of rotatable bonds is 10. The standard InChI is InChI=1S/C20H34N2O2.ClH/c1-4-5-6-7-8-9-10-11-20(23)22-13-12-17-14-18(15-21(2)3)24-19(17)16-22;/h14H,4-13,15-16H2,1-3H3;1H. The van der Waals surface area contributed by atoms with Crippen LogP contribution in [0.3, 0.4) is 0 Å². The van der Waals surface area contributed by atoms with Crippen molar-refractivity contribution >= 4 is 18.3 Å². The summed E-state index contributed by atoms with van der Waals surface area (Å²) in [5, 5.41) is 0. The van der Waals surface area contributed by atoms with Crippen LogP contribution >= 0.6 is 12.4 Å². The number of hydrogen-bond acceptors (Lipinski definition) is 3. The summed E-state index contributed by atoms with van der Waals surface area (Å²) in [6.45, 7) is 4.55. The molecule has 1 aromatic rings. The zero-order valence-corrected chi connectivity index (χ0v) is 17.0. The Morgan fingerprint density at radius 3 is 2.52 bits per heavy atom. The number of unbranched alkanes of at least 4 members (excludes halogenated alkanes) is 6. The Hall–Kier alpha value is -1.00. The zero-order chi connectivity index (χ0) is 17.4. The second-order valence-electron chi connectivity index (χ2n) is 7.34. The normalized spacial score (nSPS) is 13.7. The molecule has 0 aliphatic carbocycles. The van der Waals surface area contributed by atoms with Crippen molar-refractivity contribution in [2.24, 2.45) is 0 Å². The van der Waals surface area contributed by atoms with Gasteiger partial charge >= 0.3 is 0 Å². The summed E-state index contributed by atoms with van der Waals surface area (Å²) in [4.78, 5) is 16.5. The van der Waals surface area contributed by atoms with E-state index in [0.717, 1.165) is 37.5 Å². The Morgan fingerprint density at radius 2 is 1.84 bits per heavy atom. The van der Waals surface area contributed by atoms with Gasteiger partial charge < -0.3 is 14.2 Å². The Kier molecular flexibility index (Phi) is 10.2. The van der Waals surface area contributed by atoms with Crippen molar-refractivity contribution in [3.63, 3.8) is 0 Å². The van der Waals surface area contributed by atoms with Gasteiger partial charge in [0.25, 0.3) is 0 Å². The quantitative estimate of drug-likeness (QED) is 0.555. The predicted octanol–water partition coefficient (Wildman–Crippen LogP) is 4.79. The van der Waals surface area contributed by atoms with E-state index in [0.29, 0.717) is 18.9 Å². The summed E-state index contributed by atoms with van der Waals surface area (Å²) in [5.41, 5.74) is 1.28. The molecule has 0 spiro atoms. The highest BCUT2D eigenvalue weighted by Gasteiger charge is 2.23. The van der Waals surface area contributed by atoms with E-state index in [9.17, 15) is 4.79 Å². The van der Waals surface area contributed by atoms with Crippen LogP contribution in [0.1, 0.15) is 75.4 Å². The number of nitrogens with zero attached hydrogens (tertiary/aromatic N) is 2. The first-order valence-electron chi connectivity index (χ1n) is 9.63. The summed E-state index contributed by atoms with van der Waals surface area (Å²) in [6, 6.07) is 2.16. The van der Waals surface area contributed by atoms with Gasteiger partial charge in [0.05, 0.1) is 13.1 Å². The van der Waals surface area contributed by atoms with Crippen molar-refractivity contribution < 1.29 is 9.21 Å². The monoisotopic (exact) mass is 370 g/mol. The van der Waals surface area contributed by atoms with Crippen LogP contribution in [-0.4, -0.2) is 36.3 Å². The molecule has 1 amide bonds. The fourth-order valence-corrected chi connectivity index (χ4v) is 3.38. The molecular formula is C20H35ClN2O2. The molecule has 5 heteroatoms. The zero-order valence-electron chi connectivity index (χ0n) is 16.2. The van der Waals surface area contributed by atoms with Crippen LogP contribution in [0.15, 0.2) is 10.5 Å². The van der Waals surface area contributed by atoms with Crippen LogP contribution < -0.4 is 0 Å². The van der Waals surface area contributed by atoms with Crippen LogP contribution in [0.2, 0.25) is 0 Å². The molecule has 25 heavy (non-hydrogen) atoms. The molecule has 1 aliphatic rings. The Morgan fingerprint density at radius 1 is 1.16 bits per heavy atom. The first kappa shape index (κ1) is 22.0. The SMILES string of the molecule is CCCCCCCCCC(=O)N1CCc2cc(CN(C)C)oc2C1.Cl. The highest BCUT2D eigenvalue weighted by Crippen LogP contribution is 2.24. The van der Waals surface area contributed by atoms with Crippen LogP contribution in [0.25, 0.3) is 0 Å². The van der Waals surface area contributed by atoms with E-state index in [1.807, 2.05) is 19.0 Å². The van der Waals surface area contributed by atoms with E-state index in [4.69, 9.17) is 4.42 Å². The van der Waals surface area contributed by atoms with E-state index in [2.05, 4.69) is 17.9 Å². The van der Waals surface area contributed by atoms with E-state index in [1.54, 1.807) is 0 Å². The van der Waals surface area contributed by atoms with E-state index >= 15 is 0 Å². The van der Waals surface area contributed by atoms with Gasteiger partial charge in [0.2, 0.25) is 5.91 Å². The fourth-order valence-electron chi connectivity index (χ4n) is 3.38. The topological polar surface area (TPSA) is 36.7 Å². The van der Waals surface area contributed by atoms with Crippen molar-refractivity contribution in [3.8, 4) is 0 Å². The van der Waals surface area contributed by atoms with Crippen LogP contribution in [-0.2, 0) is 24.3 Å². The summed E-state index contributed by atoms with van der Waals surface area (Å²) >= 11 is 0. The number of fused-ring (bicyclic) bond motifs is 1. The number of halogens is 1. The summed E-state index contributed by atoms with van der Waals surface area (Å²) in [5.74, 6) is 2.29. The molecule has 1 aliphatic heterocycles. The van der Waals surface area contributed by atoms with Gasteiger partial charge in [-0.25, -0.2) is 0 Å². The highest BCUT2D eigenvalue weighted by atomic mass is 35.5. The number of carbonyl (C=O) groups excluding carboxylic acids is 1. The highest BCUT2D eigenvalue weighted by molar-refractivity contribution is 5.85. The van der Waals surface area contributed by atoms with Gasteiger partial charge in [-0.1, -0.05) is 45.4 Å². The van der Waals surface area contributed by atoms with Gasteiger partial charge in [-0.15, -0.1) is 12.4 Å². The third kappa shape index (κ3) is 7.41. The molecule has 0 unspecified atom stereocenters. The van der Waals surface area contributed by atoms with Crippen molar-refractivity contribution in [1.82, 2.24) is 9.80 Å². The average molecular weight is 371 g/mol. The maximum Gasteiger partial charge on any atom is 0.222 e. The molecule has 0 radical (unpaired) electrons. The van der Waals surface area contributed by atoms with E-state index < -0.39 is 0 Å². The minimum absolute atomic E-state index is 0. The van der Waals surface area contributed by atoms with Crippen LogP contribution in [0.4, 0.5) is 0 Å². The largest absolute Gasteiger partial charge is 0.463 e. The lowest BCUT2D eigenvalue weighted by Gasteiger charge is -2.26. The second-order valence-corrected chi connectivity index (χ2v) is 7.34. The molecule has 4 nitrogen and oxygen atoms in total. The minimum Gasteiger partial charge on any atom is -0.463 e. The van der Waals surface area contributed by atoms with Gasteiger partial charge in [-0.3, -0.25) is 4.79 Å². The number of hydrogen-bond donors (Lipinski definition) is 0. The molecule has 0 saturated heterocycles. The molecule has 1 aromatic heterocycles. The van der Waals surface area contributed by atoms with Crippen molar-refractivity contribution in [3.05, 3.63) is 23.2 Å². The molecule has 2 heterocycles. The van der Waals surface area contributed by atoms with Crippen molar-refractivity contribution in [1.29, 1.82) is 0 Å². The van der Waals surface area contributed by atoms with Crippen molar-refractivity contribution in [2.45, 2.75) is 77.8 Å². The molecule has 0 fully saturated rings. The number of amides is 1. The first-order chi connectivity index (χ1) is 11.6. The number of furan rings is 1. The van der Waals surface area contributed by atoms with E-state index in [1.165, 1.54) is 44.1 Å². The molecule has 0 bridgehead atoms. The average Bonchev–Trinajstić information content (AvgIpc) is 2.94. The van der Waals surface area contributed by atoms with Crippen LogP contribution in [0.5, 0.6) is 0 Å². The fraction of sp³-hybridized carbons (Fsp3) is 0.750. The summed E-state index contributed by atoms with van der Waals surface area (Å²) in [7, 11) is 4.08. The van der Waals surface area contributed by atoms with Gasteiger partial charge in [0, 0.05) is 13.0 Å². The third-order valence-corrected chi connectivity index (χ3v) is 4.75.